The van der Waals surface area contributed by atoms with Gasteiger partial charge in [0, 0.05) is 24.7 Å². The third-order valence-corrected chi connectivity index (χ3v) is 3.37. The van der Waals surface area contributed by atoms with E-state index in [1.807, 2.05) is 35.2 Å². The Labute approximate surface area is 131 Å². The molecule has 0 saturated carbocycles. The summed E-state index contributed by atoms with van der Waals surface area (Å²) >= 11 is 0. The van der Waals surface area contributed by atoms with E-state index in [0.717, 1.165) is 37.9 Å². The monoisotopic (exact) mass is 301 g/mol. The number of hydrogen-bond acceptors (Lipinski definition) is 3. The number of nitrogens with zero attached hydrogens (tertiary/aromatic N) is 2. The van der Waals surface area contributed by atoms with Gasteiger partial charge in [-0.1, -0.05) is 55.8 Å². The molecule has 22 heavy (non-hydrogen) atoms. The zero-order valence-electron chi connectivity index (χ0n) is 13.2. The van der Waals surface area contributed by atoms with Crippen molar-refractivity contribution in [1.29, 1.82) is 0 Å². The minimum absolute atomic E-state index is 0.122. The number of benzene rings is 1. The number of carbonyl (C=O) groups excluding carboxylic acids is 1. The predicted molar refractivity (Wildman–Crippen MR) is 87.7 cm³/mol. The number of anilines is 1. The summed E-state index contributed by atoms with van der Waals surface area (Å²) in [6, 6.07) is 11.3. The van der Waals surface area contributed by atoms with Gasteiger partial charge in [0.25, 0.3) is 0 Å². The van der Waals surface area contributed by atoms with Crippen LogP contribution in [0, 0.1) is 0 Å². The molecule has 0 unspecified atom stereocenters. The number of unbranched alkanes of at least 4 members (excludes halogenated alkanes) is 1. The normalized spacial score (nSPS) is 10.5. The molecular formula is C17H23N3O2. The lowest BCUT2D eigenvalue weighted by Gasteiger charge is -2.21. The van der Waals surface area contributed by atoms with Crippen LogP contribution >= 0.6 is 0 Å². The van der Waals surface area contributed by atoms with Gasteiger partial charge in [0.05, 0.1) is 0 Å². The Morgan fingerprint density at radius 3 is 2.64 bits per heavy atom. The fraction of sp³-hybridized carbons (Fsp3) is 0.412. The van der Waals surface area contributed by atoms with Crippen LogP contribution in [-0.2, 0) is 0 Å². The van der Waals surface area contributed by atoms with Crippen LogP contribution in [0.4, 0.5) is 10.6 Å². The van der Waals surface area contributed by atoms with Gasteiger partial charge in [0.1, 0.15) is 0 Å². The molecule has 0 aliphatic carbocycles. The number of nitrogens with one attached hydrogen (secondary N) is 1. The largest absolute Gasteiger partial charge is 0.354 e. The zero-order chi connectivity index (χ0) is 15.8. The highest BCUT2D eigenvalue weighted by Crippen LogP contribution is 2.22. The van der Waals surface area contributed by atoms with E-state index < -0.39 is 0 Å². The Kier molecular flexibility index (Phi) is 6.01. The molecule has 0 saturated heterocycles. The Hall–Kier alpha value is -2.30. The number of urea groups is 1. The quantitative estimate of drug-likeness (QED) is 0.825. The molecular weight excluding hydrogens is 278 g/mol. The van der Waals surface area contributed by atoms with Crippen LogP contribution in [0.2, 0.25) is 0 Å². The Bertz CT molecular complexity index is 581. The van der Waals surface area contributed by atoms with Crippen molar-refractivity contribution < 1.29 is 9.32 Å². The van der Waals surface area contributed by atoms with Crippen molar-refractivity contribution in [2.75, 3.05) is 18.4 Å². The van der Waals surface area contributed by atoms with Gasteiger partial charge < -0.3 is 9.42 Å². The van der Waals surface area contributed by atoms with Crippen molar-refractivity contribution in [2.45, 2.75) is 33.1 Å². The summed E-state index contributed by atoms with van der Waals surface area (Å²) < 4.78 is 5.29. The first kappa shape index (κ1) is 16.1. The standard InChI is InChI=1S/C17H23N3O2/c1-3-5-12-20(11-4-2)17(21)18-16-13-15(22-19-16)14-9-7-6-8-10-14/h6-10,13H,3-5,11-12H2,1-2H3,(H,18,19,21). The Balaban J connectivity index is 2.00. The van der Waals surface area contributed by atoms with E-state index in [1.165, 1.54) is 0 Å². The van der Waals surface area contributed by atoms with Gasteiger partial charge in [-0.2, -0.15) is 0 Å². The van der Waals surface area contributed by atoms with Crippen LogP contribution in [0.15, 0.2) is 40.9 Å². The smallest absolute Gasteiger partial charge is 0.323 e. The van der Waals surface area contributed by atoms with Crippen molar-refractivity contribution in [2.24, 2.45) is 0 Å². The van der Waals surface area contributed by atoms with E-state index >= 15 is 0 Å². The van der Waals surface area contributed by atoms with Crippen LogP contribution in [0.25, 0.3) is 11.3 Å². The summed E-state index contributed by atoms with van der Waals surface area (Å²) in [5, 5.41) is 6.73. The van der Waals surface area contributed by atoms with Crippen molar-refractivity contribution >= 4 is 11.8 Å². The van der Waals surface area contributed by atoms with E-state index in [9.17, 15) is 4.79 Å². The van der Waals surface area contributed by atoms with Crippen molar-refractivity contribution in [3.63, 3.8) is 0 Å². The summed E-state index contributed by atoms with van der Waals surface area (Å²) in [4.78, 5) is 14.1. The number of amides is 2. The number of rotatable bonds is 7. The molecule has 5 heteroatoms. The molecule has 0 atom stereocenters. The highest BCUT2D eigenvalue weighted by atomic mass is 16.5. The van der Waals surface area contributed by atoms with Gasteiger partial charge in [0.15, 0.2) is 11.6 Å². The maximum atomic E-state index is 12.3. The van der Waals surface area contributed by atoms with Crippen LogP contribution in [0.1, 0.15) is 33.1 Å². The lowest BCUT2D eigenvalue weighted by Crippen LogP contribution is -2.36. The lowest BCUT2D eigenvalue weighted by atomic mass is 10.2. The van der Waals surface area contributed by atoms with Gasteiger partial charge in [-0.15, -0.1) is 0 Å². The first-order valence-electron chi connectivity index (χ1n) is 7.82. The second-order valence-electron chi connectivity index (χ2n) is 5.21. The molecule has 0 fully saturated rings. The molecule has 1 heterocycles. The lowest BCUT2D eigenvalue weighted by molar-refractivity contribution is 0.210. The van der Waals surface area contributed by atoms with E-state index in [0.29, 0.717) is 11.6 Å². The summed E-state index contributed by atoms with van der Waals surface area (Å²) in [5.74, 6) is 1.09. The summed E-state index contributed by atoms with van der Waals surface area (Å²) in [5.41, 5.74) is 0.937. The molecule has 0 aliphatic heterocycles. The molecule has 2 amide bonds. The molecule has 0 bridgehead atoms. The van der Waals surface area contributed by atoms with Crippen LogP contribution in [-0.4, -0.2) is 29.2 Å². The average Bonchev–Trinajstić information content (AvgIpc) is 3.00. The third kappa shape index (κ3) is 4.35. The molecule has 0 radical (unpaired) electrons. The molecule has 1 N–H and O–H groups in total. The van der Waals surface area contributed by atoms with E-state index in [1.54, 1.807) is 6.07 Å². The highest BCUT2D eigenvalue weighted by molar-refractivity contribution is 5.88. The summed E-state index contributed by atoms with van der Waals surface area (Å²) in [7, 11) is 0. The fourth-order valence-corrected chi connectivity index (χ4v) is 2.19. The average molecular weight is 301 g/mol. The Morgan fingerprint density at radius 2 is 1.95 bits per heavy atom. The van der Waals surface area contributed by atoms with Crippen LogP contribution in [0.5, 0.6) is 0 Å². The first-order chi connectivity index (χ1) is 10.7. The SMILES string of the molecule is CCCCN(CCC)C(=O)Nc1cc(-c2ccccc2)on1. The number of aromatic nitrogens is 1. The predicted octanol–water partition coefficient (Wildman–Crippen LogP) is 4.39. The topological polar surface area (TPSA) is 58.4 Å². The summed E-state index contributed by atoms with van der Waals surface area (Å²) in [6.45, 7) is 5.69. The van der Waals surface area contributed by atoms with Crippen molar-refractivity contribution in [3.8, 4) is 11.3 Å². The molecule has 0 spiro atoms. The Morgan fingerprint density at radius 1 is 1.18 bits per heavy atom. The van der Waals surface area contributed by atoms with E-state index in [2.05, 4.69) is 24.3 Å². The second-order valence-corrected chi connectivity index (χ2v) is 5.21. The number of hydrogen-bond donors (Lipinski definition) is 1. The molecule has 2 aromatic rings. The van der Waals surface area contributed by atoms with E-state index in [4.69, 9.17) is 4.52 Å². The molecule has 5 nitrogen and oxygen atoms in total. The third-order valence-electron chi connectivity index (χ3n) is 3.37. The maximum Gasteiger partial charge on any atom is 0.323 e. The van der Waals surface area contributed by atoms with Crippen LogP contribution < -0.4 is 5.32 Å². The van der Waals surface area contributed by atoms with Crippen molar-refractivity contribution in [3.05, 3.63) is 36.4 Å². The molecule has 1 aromatic carbocycles. The van der Waals surface area contributed by atoms with Crippen molar-refractivity contribution in [1.82, 2.24) is 10.1 Å². The van der Waals surface area contributed by atoms with Gasteiger partial charge in [-0.25, -0.2) is 4.79 Å². The molecule has 0 aliphatic rings. The minimum Gasteiger partial charge on any atom is -0.354 e. The van der Waals surface area contributed by atoms with Gasteiger partial charge in [-0.3, -0.25) is 5.32 Å². The zero-order valence-corrected chi connectivity index (χ0v) is 13.2. The van der Waals surface area contributed by atoms with Gasteiger partial charge in [-0.05, 0) is 12.8 Å². The molecule has 118 valence electrons. The molecule has 1 aromatic heterocycles. The fourth-order valence-electron chi connectivity index (χ4n) is 2.19. The second kappa shape index (κ2) is 8.22. The highest BCUT2D eigenvalue weighted by Gasteiger charge is 2.14. The maximum absolute atomic E-state index is 12.3. The minimum atomic E-state index is -0.122. The van der Waals surface area contributed by atoms with Crippen LogP contribution in [0.3, 0.4) is 0 Å². The van der Waals surface area contributed by atoms with Gasteiger partial charge in [0.2, 0.25) is 0 Å². The first-order valence-corrected chi connectivity index (χ1v) is 7.82. The van der Waals surface area contributed by atoms with Gasteiger partial charge >= 0.3 is 6.03 Å². The van der Waals surface area contributed by atoms with E-state index in [-0.39, 0.29) is 6.03 Å². The summed E-state index contributed by atoms with van der Waals surface area (Å²) in [6.07, 6.45) is 3.00. The number of carbonyl (C=O) groups is 1. The molecule has 2 rings (SSSR count).